The van der Waals surface area contributed by atoms with Crippen LogP contribution >= 0.6 is 0 Å². The lowest BCUT2D eigenvalue weighted by molar-refractivity contribution is -0.305. The number of allylic oxidation sites excluding steroid dienone is 4. The first kappa shape index (κ1) is 57.7. The molecule has 0 aliphatic carbocycles. The zero-order chi connectivity index (χ0) is 44.3. The van der Waals surface area contributed by atoms with Crippen LogP contribution in [0.1, 0.15) is 239 Å². The van der Waals surface area contributed by atoms with Gasteiger partial charge in [0.05, 0.1) is 19.8 Å². The lowest BCUT2D eigenvalue weighted by Crippen LogP contribution is -2.59. The average Bonchev–Trinajstić information content (AvgIpc) is 3.26. The third-order valence-electron chi connectivity index (χ3n) is 12.1. The van der Waals surface area contributed by atoms with E-state index in [-0.39, 0.29) is 19.2 Å². The van der Waals surface area contributed by atoms with Crippen molar-refractivity contribution in [2.75, 3.05) is 26.4 Å². The van der Waals surface area contributed by atoms with Gasteiger partial charge in [-0.15, -0.1) is 0 Å². The van der Waals surface area contributed by atoms with E-state index in [1.165, 1.54) is 186 Å². The quantitative estimate of drug-likeness (QED) is 0.0268. The van der Waals surface area contributed by atoms with Crippen LogP contribution in [-0.4, -0.2) is 89.6 Å². The molecule has 6 unspecified atom stereocenters. The molecule has 9 heteroatoms. The van der Waals surface area contributed by atoms with Gasteiger partial charge in [0.1, 0.15) is 30.5 Å². The van der Waals surface area contributed by atoms with Crippen molar-refractivity contribution in [3.63, 3.8) is 0 Å². The minimum Gasteiger partial charge on any atom is -0.457 e. The molecule has 0 spiro atoms. The lowest BCUT2D eigenvalue weighted by Gasteiger charge is -2.39. The molecule has 0 aromatic heterocycles. The fraction of sp³-hybridized carbons (Fsp3) is 0.904. The first-order valence-corrected chi connectivity index (χ1v) is 25.9. The van der Waals surface area contributed by atoms with Crippen molar-refractivity contribution in [1.82, 2.24) is 0 Å². The minimum atomic E-state index is -1.54. The number of hydrogen-bond donors (Lipinski definition) is 4. The summed E-state index contributed by atoms with van der Waals surface area (Å²) in [4.78, 5) is 12.8. The standard InChI is InChI=1S/C52H98O9/c1-3-5-7-9-11-13-15-17-18-19-20-21-22-23-24-25-26-27-28-29-31-33-35-37-39-41-48(54)60-46(45-59-52-51(57)50(56)49(55)47(43-53)61-52)44-58-42-40-38-36-34-32-30-16-14-12-10-8-6-4-2/h12,14,19-20,46-47,49-53,55-57H,3-11,13,15-18,21-45H2,1-2H3/b14-12-,20-19-. The fourth-order valence-electron chi connectivity index (χ4n) is 8.01. The number of carbonyl (C=O) groups excluding carboxylic acids is 1. The molecule has 9 nitrogen and oxygen atoms in total. The molecule has 1 aliphatic rings. The fourth-order valence-corrected chi connectivity index (χ4v) is 8.01. The van der Waals surface area contributed by atoms with E-state index in [0.717, 1.165) is 32.1 Å². The third-order valence-corrected chi connectivity index (χ3v) is 12.1. The van der Waals surface area contributed by atoms with Crippen LogP contribution in [0, 0.1) is 0 Å². The van der Waals surface area contributed by atoms with Crippen LogP contribution in [0.5, 0.6) is 0 Å². The van der Waals surface area contributed by atoms with Crippen molar-refractivity contribution in [3.05, 3.63) is 24.3 Å². The van der Waals surface area contributed by atoms with Crippen LogP contribution in [0.2, 0.25) is 0 Å². The van der Waals surface area contributed by atoms with E-state index in [2.05, 4.69) is 38.2 Å². The van der Waals surface area contributed by atoms with Crippen LogP contribution < -0.4 is 0 Å². The van der Waals surface area contributed by atoms with E-state index in [0.29, 0.717) is 13.0 Å². The Labute approximate surface area is 375 Å². The molecule has 0 bridgehead atoms. The van der Waals surface area contributed by atoms with Crippen molar-refractivity contribution in [1.29, 1.82) is 0 Å². The van der Waals surface area contributed by atoms with Crippen molar-refractivity contribution >= 4 is 5.97 Å². The van der Waals surface area contributed by atoms with Crippen molar-refractivity contribution in [2.45, 2.75) is 275 Å². The molecule has 0 aromatic carbocycles. The smallest absolute Gasteiger partial charge is 0.306 e. The SMILES string of the molecule is CCCCC/C=C\CCCCCCCCOCC(COC1OC(CO)C(O)C(O)C1O)OC(=O)CCCCCCCCCCCCCCC/C=C\CCCCCCCCCC. The number of esters is 1. The van der Waals surface area contributed by atoms with Gasteiger partial charge in [-0.2, -0.15) is 0 Å². The van der Waals surface area contributed by atoms with Crippen molar-refractivity contribution < 1.29 is 44.2 Å². The Hall–Kier alpha value is -1.33. The number of unbranched alkanes of at least 4 members (excludes halogenated alkanes) is 30. The molecule has 0 aromatic rings. The highest BCUT2D eigenvalue weighted by Crippen LogP contribution is 2.23. The van der Waals surface area contributed by atoms with E-state index in [1.807, 2.05) is 0 Å². The summed E-state index contributed by atoms with van der Waals surface area (Å²) in [7, 11) is 0. The highest BCUT2D eigenvalue weighted by atomic mass is 16.7. The predicted octanol–water partition coefficient (Wildman–Crippen LogP) is 12.5. The molecule has 1 aliphatic heterocycles. The van der Waals surface area contributed by atoms with Gasteiger partial charge in [-0.25, -0.2) is 0 Å². The molecule has 1 heterocycles. The Kier molecular flexibility index (Phi) is 41.5. The number of aliphatic hydroxyl groups is 4. The summed E-state index contributed by atoms with van der Waals surface area (Å²) in [6, 6.07) is 0. The van der Waals surface area contributed by atoms with Gasteiger partial charge in [-0.1, -0.05) is 192 Å². The van der Waals surface area contributed by atoms with Crippen LogP contribution in [0.4, 0.5) is 0 Å². The molecule has 4 N–H and O–H groups in total. The van der Waals surface area contributed by atoms with Crippen LogP contribution in [0.3, 0.4) is 0 Å². The number of carbonyl (C=O) groups is 1. The van der Waals surface area contributed by atoms with Gasteiger partial charge in [0, 0.05) is 13.0 Å². The molecule has 1 fully saturated rings. The van der Waals surface area contributed by atoms with Crippen molar-refractivity contribution in [2.24, 2.45) is 0 Å². The largest absolute Gasteiger partial charge is 0.457 e. The maximum atomic E-state index is 12.8. The number of aliphatic hydroxyl groups excluding tert-OH is 4. The topological polar surface area (TPSA) is 135 Å². The summed E-state index contributed by atoms with van der Waals surface area (Å²) in [6.07, 6.45) is 45.0. The van der Waals surface area contributed by atoms with Gasteiger partial charge in [-0.05, 0) is 64.2 Å². The summed E-state index contributed by atoms with van der Waals surface area (Å²) in [5.74, 6) is -0.313. The molecule has 0 amide bonds. The second kappa shape index (κ2) is 43.9. The Bertz CT molecular complexity index is 988. The van der Waals surface area contributed by atoms with Crippen LogP contribution in [-0.2, 0) is 23.7 Å². The van der Waals surface area contributed by atoms with Crippen LogP contribution in [0.25, 0.3) is 0 Å². The van der Waals surface area contributed by atoms with E-state index >= 15 is 0 Å². The Morgan fingerprint density at radius 1 is 0.508 bits per heavy atom. The summed E-state index contributed by atoms with van der Waals surface area (Å²) in [5, 5.41) is 40.2. The maximum Gasteiger partial charge on any atom is 0.306 e. The predicted molar refractivity (Wildman–Crippen MR) is 252 cm³/mol. The highest BCUT2D eigenvalue weighted by molar-refractivity contribution is 5.69. The van der Waals surface area contributed by atoms with Crippen LogP contribution in [0.15, 0.2) is 24.3 Å². The molecule has 6 atom stereocenters. The van der Waals surface area contributed by atoms with E-state index < -0.39 is 43.4 Å². The molecule has 61 heavy (non-hydrogen) atoms. The zero-order valence-corrected chi connectivity index (χ0v) is 39.7. The lowest BCUT2D eigenvalue weighted by atomic mass is 9.99. The normalized spacial score (nSPS) is 20.0. The van der Waals surface area contributed by atoms with Gasteiger partial charge >= 0.3 is 5.97 Å². The van der Waals surface area contributed by atoms with Gasteiger partial charge < -0.3 is 39.4 Å². The van der Waals surface area contributed by atoms with Gasteiger partial charge in [-0.3, -0.25) is 4.79 Å². The monoisotopic (exact) mass is 867 g/mol. The van der Waals surface area contributed by atoms with Crippen molar-refractivity contribution in [3.8, 4) is 0 Å². The maximum absolute atomic E-state index is 12.8. The Morgan fingerprint density at radius 2 is 0.902 bits per heavy atom. The molecular formula is C52H98O9. The summed E-state index contributed by atoms with van der Waals surface area (Å²) < 4.78 is 22.9. The Balaban J connectivity index is 2.15. The van der Waals surface area contributed by atoms with Gasteiger partial charge in [0.2, 0.25) is 0 Å². The molecule has 1 rings (SSSR count). The summed E-state index contributed by atoms with van der Waals surface area (Å²) in [6.45, 7) is 4.56. The van der Waals surface area contributed by atoms with Gasteiger partial charge in [0.25, 0.3) is 0 Å². The first-order valence-electron chi connectivity index (χ1n) is 25.9. The van der Waals surface area contributed by atoms with Gasteiger partial charge in [0.15, 0.2) is 6.29 Å². The molecule has 0 saturated carbocycles. The average molecular weight is 867 g/mol. The number of hydrogen-bond acceptors (Lipinski definition) is 9. The highest BCUT2D eigenvalue weighted by Gasteiger charge is 2.44. The third kappa shape index (κ3) is 34.7. The second-order valence-corrected chi connectivity index (χ2v) is 18.0. The minimum absolute atomic E-state index is 0.113. The number of ether oxygens (including phenoxy) is 4. The first-order chi connectivity index (χ1) is 29.9. The molecule has 360 valence electrons. The number of rotatable bonds is 45. The molecular weight excluding hydrogens is 769 g/mol. The summed E-state index contributed by atoms with van der Waals surface area (Å²) in [5.41, 5.74) is 0. The van der Waals surface area contributed by atoms with E-state index in [4.69, 9.17) is 18.9 Å². The summed E-state index contributed by atoms with van der Waals surface area (Å²) >= 11 is 0. The van der Waals surface area contributed by atoms with E-state index in [9.17, 15) is 25.2 Å². The van der Waals surface area contributed by atoms with E-state index in [1.54, 1.807) is 0 Å². The second-order valence-electron chi connectivity index (χ2n) is 18.0. The molecule has 0 radical (unpaired) electrons. The zero-order valence-electron chi connectivity index (χ0n) is 39.7. The Morgan fingerprint density at radius 3 is 1.36 bits per heavy atom. The molecule has 1 saturated heterocycles.